The molecule has 9 nitrogen and oxygen atoms in total. The highest BCUT2D eigenvalue weighted by molar-refractivity contribution is 7.09. The van der Waals surface area contributed by atoms with Gasteiger partial charge in [0, 0.05) is 12.2 Å². The molecule has 0 radical (unpaired) electrons. The van der Waals surface area contributed by atoms with Crippen LogP contribution in [0.4, 0.5) is 11.4 Å². The van der Waals surface area contributed by atoms with Crippen LogP contribution in [0.5, 0.6) is 5.75 Å². The van der Waals surface area contributed by atoms with Crippen LogP contribution in [0.3, 0.4) is 0 Å². The van der Waals surface area contributed by atoms with Crippen LogP contribution in [0, 0.1) is 13.8 Å². The van der Waals surface area contributed by atoms with Gasteiger partial charge in [-0.3, -0.25) is 19.3 Å². The molecule has 0 fully saturated rings. The van der Waals surface area contributed by atoms with Gasteiger partial charge in [-0.25, -0.2) is 0 Å². The van der Waals surface area contributed by atoms with E-state index in [2.05, 4.69) is 9.69 Å². The number of nitrogen functional groups attached to an aromatic ring is 1. The molecule has 4 rings (SSSR count). The Hall–Kier alpha value is -4.70. The van der Waals surface area contributed by atoms with Crippen LogP contribution in [-0.4, -0.2) is 27.2 Å². The zero-order valence-electron chi connectivity index (χ0n) is 20.8. The van der Waals surface area contributed by atoms with E-state index in [1.54, 1.807) is 18.2 Å². The van der Waals surface area contributed by atoms with Crippen LogP contribution in [0.25, 0.3) is 0 Å². The number of aryl methyl sites for hydroxylation is 2. The Morgan fingerprint density at radius 3 is 2.32 bits per heavy atom. The molecule has 4 aromatic rings. The van der Waals surface area contributed by atoms with Crippen molar-refractivity contribution in [3.63, 3.8) is 0 Å². The molecule has 3 aromatic carbocycles. The monoisotopic (exact) mass is 529 g/mol. The average molecular weight is 530 g/mol. The first kappa shape index (κ1) is 26.4. The van der Waals surface area contributed by atoms with Gasteiger partial charge in [0.25, 0.3) is 11.8 Å². The number of nitrogens with two attached hydrogens (primary N) is 2. The highest BCUT2D eigenvalue weighted by atomic mass is 32.1. The molecular formula is C28H27N5O4S. The highest BCUT2D eigenvalue weighted by Crippen LogP contribution is 2.35. The number of phenolic OH excluding ortho intramolecular Hbond substituents is 1. The Balaban J connectivity index is 1.86. The number of phenols is 1. The number of anilines is 2. The highest BCUT2D eigenvalue weighted by Gasteiger charge is 2.36. The molecule has 38 heavy (non-hydrogen) atoms. The largest absolute Gasteiger partial charge is 0.508 e. The maximum Gasteiger partial charge on any atom is 0.273 e. The Morgan fingerprint density at radius 2 is 1.71 bits per heavy atom. The lowest BCUT2D eigenvalue weighted by Gasteiger charge is -2.32. The summed E-state index contributed by atoms with van der Waals surface area (Å²) in [6, 6.07) is 19.8. The van der Waals surface area contributed by atoms with Crippen molar-refractivity contribution in [1.82, 2.24) is 9.69 Å². The van der Waals surface area contributed by atoms with E-state index in [0.29, 0.717) is 11.3 Å². The average Bonchev–Trinajstić information content (AvgIpc) is 3.29. The molecule has 3 amide bonds. The lowest BCUT2D eigenvalue weighted by atomic mass is 10.00. The third kappa shape index (κ3) is 5.50. The first-order chi connectivity index (χ1) is 18.2. The maximum atomic E-state index is 14.1. The van der Waals surface area contributed by atoms with Crippen molar-refractivity contribution in [2.24, 2.45) is 5.73 Å². The lowest BCUT2D eigenvalue weighted by Crippen LogP contribution is -2.44. The number of nitrogens with one attached hydrogen (secondary N) is 1. The van der Waals surface area contributed by atoms with Crippen molar-refractivity contribution >= 4 is 40.6 Å². The van der Waals surface area contributed by atoms with E-state index in [1.807, 2.05) is 56.3 Å². The predicted octanol–water partition coefficient (Wildman–Crippen LogP) is 3.85. The minimum Gasteiger partial charge on any atom is -0.508 e. The Labute approximate surface area is 223 Å². The van der Waals surface area contributed by atoms with Crippen LogP contribution in [-0.2, 0) is 11.3 Å². The summed E-state index contributed by atoms with van der Waals surface area (Å²) >= 11 is 0.743. The first-order valence-corrected chi connectivity index (χ1v) is 12.5. The number of benzene rings is 3. The summed E-state index contributed by atoms with van der Waals surface area (Å²) in [5.74, 6) is -1.91. The molecule has 1 atom stereocenters. The summed E-state index contributed by atoms with van der Waals surface area (Å²) < 4.78 is 3.97. The predicted molar refractivity (Wildman–Crippen MR) is 147 cm³/mol. The van der Waals surface area contributed by atoms with Gasteiger partial charge in [-0.2, -0.15) is 4.37 Å². The molecule has 0 aliphatic heterocycles. The lowest BCUT2D eigenvalue weighted by molar-refractivity contribution is -0.122. The molecular weight excluding hydrogens is 502 g/mol. The second-order valence-electron chi connectivity index (χ2n) is 8.80. The molecule has 10 heteroatoms. The van der Waals surface area contributed by atoms with Gasteiger partial charge in [-0.05, 0) is 60.3 Å². The molecule has 6 N–H and O–H groups in total. The summed E-state index contributed by atoms with van der Waals surface area (Å²) in [7, 11) is 0. The normalized spacial score (nSPS) is 11.5. The minimum atomic E-state index is -1.15. The molecule has 1 heterocycles. The van der Waals surface area contributed by atoms with Crippen LogP contribution < -0.4 is 21.7 Å². The number of nitrogens with zero attached hydrogens (tertiary/aromatic N) is 2. The van der Waals surface area contributed by atoms with E-state index in [4.69, 9.17) is 11.5 Å². The quantitative estimate of drug-likeness (QED) is 0.272. The van der Waals surface area contributed by atoms with E-state index in [-0.39, 0.29) is 28.6 Å². The van der Waals surface area contributed by atoms with Gasteiger partial charge in [0.05, 0.1) is 5.69 Å². The smallest absolute Gasteiger partial charge is 0.273 e. The van der Waals surface area contributed by atoms with Gasteiger partial charge >= 0.3 is 0 Å². The van der Waals surface area contributed by atoms with Gasteiger partial charge in [0.2, 0.25) is 5.91 Å². The third-order valence-corrected chi connectivity index (χ3v) is 6.86. The second kappa shape index (κ2) is 11.1. The minimum absolute atomic E-state index is 0.0133. The first-order valence-electron chi connectivity index (χ1n) is 11.7. The van der Waals surface area contributed by atoms with Crippen LogP contribution in [0.1, 0.15) is 48.5 Å². The van der Waals surface area contributed by atoms with E-state index < -0.39 is 23.8 Å². The standard InChI is InChI=1S/C28H27N5O4S/c1-16-8-13-21(17(2)14-16)33(28(37)25-22(29)23(26(30)35)32-38-25)24(19-9-11-20(34)12-10-19)27(36)31-15-18-6-4-3-5-7-18/h3-14,24,34H,15,29H2,1-2H3,(H2,30,35)(H,31,36). The Bertz CT molecular complexity index is 1490. The van der Waals surface area contributed by atoms with Crippen LogP contribution in [0.2, 0.25) is 0 Å². The van der Waals surface area contributed by atoms with E-state index in [0.717, 1.165) is 28.2 Å². The van der Waals surface area contributed by atoms with Gasteiger partial charge in [0.15, 0.2) is 5.69 Å². The summed E-state index contributed by atoms with van der Waals surface area (Å²) in [5, 5.41) is 12.8. The van der Waals surface area contributed by atoms with E-state index in [9.17, 15) is 19.5 Å². The van der Waals surface area contributed by atoms with E-state index in [1.165, 1.54) is 17.0 Å². The fraction of sp³-hybridized carbons (Fsp3) is 0.143. The molecule has 1 aromatic heterocycles. The van der Waals surface area contributed by atoms with Gasteiger partial charge in [0.1, 0.15) is 16.7 Å². The Kier molecular flexibility index (Phi) is 7.73. The number of hydrogen-bond donors (Lipinski definition) is 4. The topological polar surface area (TPSA) is 152 Å². The number of carbonyl (C=O) groups is 3. The van der Waals surface area contributed by atoms with Crippen molar-refractivity contribution in [2.75, 3.05) is 10.6 Å². The maximum absolute atomic E-state index is 14.1. The molecule has 0 saturated carbocycles. The zero-order chi connectivity index (χ0) is 27.4. The van der Waals surface area contributed by atoms with Crippen LogP contribution >= 0.6 is 11.5 Å². The molecule has 0 spiro atoms. The SMILES string of the molecule is Cc1ccc(N(C(=O)c2snc(C(N)=O)c2N)C(C(=O)NCc2ccccc2)c2ccc(O)cc2)c(C)c1. The number of rotatable bonds is 8. The number of carbonyl (C=O) groups excluding carboxylic acids is 3. The molecule has 0 aliphatic carbocycles. The van der Waals surface area contributed by atoms with Crippen molar-refractivity contribution < 1.29 is 19.5 Å². The number of primary amides is 1. The van der Waals surface area contributed by atoms with Gasteiger partial charge in [-0.1, -0.05) is 60.2 Å². The zero-order valence-corrected chi connectivity index (χ0v) is 21.7. The molecule has 1 unspecified atom stereocenters. The number of aromatic hydroxyl groups is 1. The van der Waals surface area contributed by atoms with Crippen molar-refractivity contribution in [3.05, 3.63) is 106 Å². The van der Waals surface area contributed by atoms with Crippen molar-refractivity contribution in [2.45, 2.75) is 26.4 Å². The van der Waals surface area contributed by atoms with Crippen molar-refractivity contribution in [1.29, 1.82) is 0 Å². The summed E-state index contributed by atoms with van der Waals surface area (Å²) in [5.41, 5.74) is 14.7. The van der Waals surface area contributed by atoms with Crippen molar-refractivity contribution in [3.8, 4) is 5.75 Å². The summed E-state index contributed by atoms with van der Waals surface area (Å²) in [6.07, 6.45) is 0. The van der Waals surface area contributed by atoms with Gasteiger partial charge < -0.3 is 21.9 Å². The fourth-order valence-corrected chi connectivity index (χ4v) is 4.88. The molecule has 0 saturated heterocycles. The van der Waals surface area contributed by atoms with Gasteiger partial charge in [-0.15, -0.1) is 0 Å². The fourth-order valence-electron chi connectivity index (χ4n) is 4.14. The molecule has 0 bridgehead atoms. The van der Waals surface area contributed by atoms with E-state index >= 15 is 0 Å². The van der Waals surface area contributed by atoms with Crippen LogP contribution in [0.15, 0.2) is 72.8 Å². The number of hydrogen-bond acceptors (Lipinski definition) is 7. The summed E-state index contributed by atoms with van der Waals surface area (Å²) in [6.45, 7) is 3.99. The molecule has 0 aliphatic rings. The Morgan fingerprint density at radius 1 is 1.03 bits per heavy atom. The second-order valence-corrected chi connectivity index (χ2v) is 9.57. The molecule has 194 valence electrons. The number of amides is 3. The third-order valence-electron chi connectivity index (χ3n) is 6.01. The number of aromatic nitrogens is 1. The summed E-state index contributed by atoms with van der Waals surface area (Å²) in [4.78, 5) is 41.1.